The summed E-state index contributed by atoms with van der Waals surface area (Å²) in [7, 11) is 6.33. The average Bonchev–Trinajstić information content (AvgIpc) is 1.59. The van der Waals surface area contributed by atoms with Crippen LogP contribution in [0.3, 0.4) is 0 Å². The summed E-state index contributed by atoms with van der Waals surface area (Å²) in [6, 6.07) is 18.4. The second kappa shape index (κ2) is 36.9. The maximum atomic E-state index is 15.2. The summed E-state index contributed by atoms with van der Waals surface area (Å²) in [6.45, 7) is 31.1. The number of carbonyl (C=O) groups is 4. The molecular weight excluding hydrogens is 1490 g/mol. The third-order valence-electron chi connectivity index (χ3n) is 20.4. The highest BCUT2D eigenvalue weighted by molar-refractivity contribution is 6.76. The lowest BCUT2D eigenvalue weighted by atomic mass is 9.96. The van der Waals surface area contributed by atoms with Crippen molar-refractivity contribution in [1.29, 1.82) is 0 Å². The molecule has 4 aliphatic rings. The van der Waals surface area contributed by atoms with Crippen LogP contribution in [0.1, 0.15) is 140 Å². The number of benzene rings is 4. The van der Waals surface area contributed by atoms with E-state index < -0.39 is 75.1 Å². The minimum atomic E-state index is -1.41. The molecule has 4 unspecified atom stereocenters. The number of aryl methyl sites for hydroxylation is 2. The Morgan fingerprint density at radius 1 is 0.611 bits per heavy atom. The Hall–Kier alpha value is -8.67. The molecule has 4 aromatic heterocycles. The van der Waals surface area contributed by atoms with Crippen LogP contribution >= 0.6 is 0 Å². The lowest BCUT2D eigenvalue weighted by molar-refractivity contribution is -0.175. The Kier molecular flexibility index (Phi) is 28.3. The van der Waals surface area contributed by atoms with Gasteiger partial charge in [-0.25, -0.2) is 53.0 Å². The molecule has 4 aliphatic heterocycles. The van der Waals surface area contributed by atoms with Gasteiger partial charge in [0, 0.05) is 80.3 Å². The molecule has 616 valence electrons. The van der Waals surface area contributed by atoms with E-state index in [0.29, 0.717) is 79.4 Å². The lowest BCUT2D eigenvalue weighted by Gasteiger charge is -2.36. The number of methoxy groups -OCH3 is 2. The molecule has 4 aromatic carbocycles. The van der Waals surface area contributed by atoms with E-state index in [2.05, 4.69) is 49.6 Å². The molecule has 3 amide bonds. The van der Waals surface area contributed by atoms with Crippen LogP contribution < -0.4 is 15.0 Å². The number of aliphatic carboxylic acids is 1. The number of rotatable bonds is 24. The fourth-order valence-electron chi connectivity index (χ4n) is 14.2. The summed E-state index contributed by atoms with van der Waals surface area (Å²) < 4.78 is 85.3. The number of hydroxylamine groups is 3. The second-order valence-corrected chi connectivity index (χ2v) is 44.6. The number of likely N-dealkylation sites (N-methyl/N-ethyl adjacent to an activating group) is 1. The van der Waals surface area contributed by atoms with E-state index in [1.165, 1.54) is 50.3 Å². The summed E-state index contributed by atoms with van der Waals surface area (Å²) in [4.78, 5) is 76.0. The Morgan fingerprint density at radius 2 is 1.02 bits per heavy atom. The van der Waals surface area contributed by atoms with Crippen molar-refractivity contribution in [2.45, 2.75) is 233 Å². The third kappa shape index (κ3) is 20.7. The molecule has 27 nitrogen and oxygen atoms in total. The van der Waals surface area contributed by atoms with Gasteiger partial charge in [0.25, 0.3) is 5.91 Å². The molecule has 113 heavy (non-hydrogen) atoms. The molecule has 0 bridgehead atoms. The first-order valence-electron chi connectivity index (χ1n) is 39.1. The Labute approximate surface area is 663 Å². The molecule has 0 radical (unpaired) electrons. The summed E-state index contributed by atoms with van der Waals surface area (Å²) in [6.07, 6.45) is 5.00. The number of aromatic nitrogens is 8. The van der Waals surface area contributed by atoms with Gasteiger partial charge in [-0.05, 0) is 187 Å². The zero-order valence-electron chi connectivity index (χ0n) is 69.6. The number of hydrogen-bond acceptors (Lipinski definition) is 19. The normalized spacial score (nSPS) is 17.4. The van der Waals surface area contributed by atoms with Crippen LogP contribution in [-0.4, -0.2) is 191 Å². The fourth-order valence-corrected chi connectivity index (χ4v) is 15.7. The third-order valence-corrected chi connectivity index (χ3v) is 23.8. The maximum absolute atomic E-state index is 15.2. The number of carboxylic acids is 1. The maximum Gasteiger partial charge on any atom is 0.411 e. The van der Waals surface area contributed by atoms with Gasteiger partial charge in [0.2, 0.25) is 0 Å². The number of ether oxygens (including phenoxy) is 8. The molecule has 2 fully saturated rings. The van der Waals surface area contributed by atoms with Crippen molar-refractivity contribution in [2.75, 3.05) is 69.0 Å². The molecule has 8 heterocycles. The largest absolute Gasteiger partial charge is 0.494 e. The second-order valence-electron chi connectivity index (χ2n) is 33.3. The number of carboxylic acid groups (broad SMARTS) is 1. The van der Waals surface area contributed by atoms with Crippen molar-refractivity contribution >= 4 is 62.0 Å². The molecule has 4 atom stereocenters. The number of amides is 3. The predicted octanol–water partition coefficient (Wildman–Crippen LogP) is 15.8. The van der Waals surface area contributed by atoms with E-state index in [1.807, 2.05) is 68.7 Å². The number of hydrogen-bond donors (Lipinski definition) is 2. The number of nitrogens with zero attached hydrogens (tertiary/aromatic N) is 11. The van der Waals surface area contributed by atoms with Crippen molar-refractivity contribution in [1.82, 2.24) is 59.0 Å². The van der Waals surface area contributed by atoms with Crippen LogP contribution in [0, 0.1) is 11.6 Å². The minimum absolute atomic E-state index is 0.00380. The first-order chi connectivity index (χ1) is 53.5. The number of nitrogens with one attached hydrogen (secondary N) is 1. The van der Waals surface area contributed by atoms with Crippen LogP contribution in [0.4, 0.5) is 18.4 Å². The van der Waals surface area contributed by atoms with Crippen molar-refractivity contribution in [3.8, 4) is 56.8 Å². The SMILES string of the molecule is CCc1cc(OC)c(F)cc1-c1ccc2c(-c3nc4c(n3COCC[Si](C)(C)C)CN(C(=O)OC(C)(C)C)C(C(=O)N(C)OC)C4)nn(C3CCCCO3)c2c1.CCc1cc(OC)c(F)cc1-c1ccc2c(-c3nc4c(n3COCC[Si](C)(C)C)CN(C(=O)OC(C)(C)C)C(C(=O)O)C4)nn(C3CCCCO3)c2c1.CNOC. The molecule has 0 saturated carbocycles. The zero-order chi connectivity index (χ0) is 82.2. The highest BCUT2D eigenvalue weighted by Crippen LogP contribution is 2.43. The van der Waals surface area contributed by atoms with Gasteiger partial charge in [-0.1, -0.05) is 65.3 Å². The summed E-state index contributed by atoms with van der Waals surface area (Å²) >= 11 is 0. The van der Waals surface area contributed by atoms with Gasteiger partial charge >= 0.3 is 18.2 Å². The van der Waals surface area contributed by atoms with Gasteiger partial charge < -0.3 is 57.0 Å². The number of carbonyl (C=O) groups excluding carboxylic acids is 3. The van der Waals surface area contributed by atoms with Crippen LogP contribution in [0.2, 0.25) is 51.4 Å². The molecule has 0 aliphatic carbocycles. The highest BCUT2D eigenvalue weighted by Gasteiger charge is 2.44. The number of imidazole rings is 2. The van der Waals surface area contributed by atoms with Crippen LogP contribution in [0.15, 0.2) is 60.7 Å². The van der Waals surface area contributed by atoms with Gasteiger partial charge in [-0.15, -0.1) is 0 Å². The smallest absolute Gasteiger partial charge is 0.411 e. The summed E-state index contributed by atoms with van der Waals surface area (Å²) in [5.74, 6) is -0.931. The highest BCUT2D eigenvalue weighted by atomic mass is 28.3. The molecule has 8 aromatic rings. The van der Waals surface area contributed by atoms with Crippen LogP contribution in [-0.2, 0) is 99.9 Å². The van der Waals surface area contributed by atoms with Crippen molar-refractivity contribution in [3.63, 3.8) is 0 Å². The topological polar surface area (TPSA) is 274 Å². The van der Waals surface area contributed by atoms with E-state index in [0.717, 1.165) is 117 Å². The Bertz CT molecular complexity index is 4670. The molecule has 0 spiro atoms. The quantitative estimate of drug-likeness (QED) is 0.0323. The van der Waals surface area contributed by atoms with Gasteiger partial charge in [-0.2, -0.15) is 10.2 Å². The first kappa shape index (κ1) is 86.7. The van der Waals surface area contributed by atoms with Crippen LogP contribution in [0.25, 0.3) is 67.1 Å². The first-order valence-corrected chi connectivity index (χ1v) is 46.5. The van der Waals surface area contributed by atoms with Gasteiger partial charge in [0.05, 0.1) is 75.3 Å². The van der Waals surface area contributed by atoms with E-state index >= 15 is 8.78 Å². The Balaban J connectivity index is 0.000000229. The van der Waals surface area contributed by atoms with E-state index in [4.69, 9.17) is 62.9 Å². The van der Waals surface area contributed by atoms with Gasteiger partial charge in [0.1, 0.15) is 48.1 Å². The van der Waals surface area contributed by atoms with Gasteiger partial charge in [0.15, 0.2) is 47.2 Å². The molecular formula is C82H116F2N12O15Si2. The molecule has 12 rings (SSSR count). The van der Waals surface area contributed by atoms with Crippen molar-refractivity contribution in [2.24, 2.45) is 0 Å². The number of fused-ring (bicyclic) bond motifs is 4. The Morgan fingerprint density at radius 3 is 1.36 bits per heavy atom. The fraction of sp³-hybridized carbons (Fsp3) is 0.561. The molecule has 2 N–H and O–H groups in total. The van der Waals surface area contributed by atoms with E-state index in [-0.39, 0.29) is 63.3 Å². The van der Waals surface area contributed by atoms with E-state index in [1.54, 1.807) is 67.8 Å². The lowest BCUT2D eigenvalue weighted by Crippen LogP contribution is -2.54. The van der Waals surface area contributed by atoms with E-state index in [9.17, 15) is 24.3 Å². The number of halogens is 2. The summed E-state index contributed by atoms with van der Waals surface area (Å²) in [5.41, 5.74) is 11.4. The van der Waals surface area contributed by atoms with Crippen molar-refractivity contribution in [3.05, 3.63) is 106 Å². The zero-order valence-corrected chi connectivity index (χ0v) is 71.6. The standard InChI is InChI=1S/C41H57FN6O7Si.C39H52FN5O7Si.C2H7NO/c1-11-26-21-35(51-6)30(42)22-29(26)27-15-16-28-32(20-27)48(36-14-12-13-17-54-36)44-37(28)38-43-31-23-33(39(49)45(5)52-7)46(40(50)55-41(2,3)4)24-34(31)47(38)25-53-18-19-56(8,9)10;1-9-24-19-33(49-5)28(40)20-27(24)25-13-14-26-30(18-25)45(34-12-10-11-15-51-34)42-35(26)36-41-29-21-31(37(46)47)43(38(48)52-39(2,3)4)22-32(29)44(36)23-50-16-17-53(6,7)8;1-3-4-2/h15-16,20-22,33,36H,11-14,17-19,23-25H2,1-10H3;13-14,18-20,31,34H,9-12,15-17,21-23H2,1-8H3,(H,46,47);3H,1-2H3. The van der Waals surface area contributed by atoms with Gasteiger partial charge in [-0.3, -0.25) is 19.4 Å². The minimum Gasteiger partial charge on any atom is -0.494 e. The van der Waals surface area contributed by atoms with Crippen LogP contribution in [0.5, 0.6) is 11.5 Å². The van der Waals surface area contributed by atoms with Crippen molar-refractivity contribution < 1.29 is 80.6 Å². The summed E-state index contributed by atoms with van der Waals surface area (Å²) in [5, 5.41) is 23.4. The predicted molar refractivity (Wildman–Crippen MR) is 432 cm³/mol. The molecule has 31 heteroatoms. The monoisotopic (exact) mass is 1600 g/mol. The molecule has 2 saturated heterocycles. The average molecular weight is 1600 g/mol.